The van der Waals surface area contributed by atoms with Gasteiger partial charge in [0.1, 0.15) is 6.61 Å². The van der Waals surface area contributed by atoms with Gasteiger partial charge in [0, 0.05) is 25.7 Å². The molecule has 0 aromatic carbocycles. The van der Waals surface area contributed by atoms with E-state index in [0.717, 1.165) is 37.9 Å². The molecular weight excluding hydrogens is 284 g/mol. The molecule has 0 saturated carbocycles. The van der Waals surface area contributed by atoms with Crippen LogP contribution in [0.4, 0.5) is 4.79 Å². The maximum atomic E-state index is 12.3. The molecule has 0 bridgehead atoms. The Bertz CT molecular complexity index is 537. The molecule has 2 N–H and O–H groups in total. The van der Waals surface area contributed by atoms with Crippen LogP contribution in [-0.2, 0) is 16.0 Å². The van der Waals surface area contributed by atoms with Crippen LogP contribution >= 0.6 is 0 Å². The van der Waals surface area contributed by atoms with Crippen molar-refractivity contribution in [2.75, 3.05) is 19.7 Å². The molecule has 7 nitrogen and oxygen atoms in total. The maximum absolute atomic E-state index is 12.3. The highest BCUT2D eigenvalue weighted by Crippen LogP contribution is 2.31. The Morgan fingerprint density at radius 3 is 2.86 bits per heavy atom. The number of nitrogens with zero attached hydrogens (tertiary/aromatic N) is 2. The van der Waals surface area contributed by atoms with Crippen molar-refractivity contribution >= 4 is 12.0 Å². The van der Waals surface area contributed by atoms with Crippen LogP contribution in [-0.4, -0.2) is 52.3 Å². The third-order valence-corrected chi connectivity index (χ3v) is 4.82. The average molecular weight is 306 g/mol. The minimum atomic E-state index is -0.332. The summed E-state index contributed by atoms with van der Waals surface area (Å²) in [6.45, 7) is 3.95. The fraction of sp³-hybridized carbons (Fsp3) is 0.667. The van der Waals surface area contributed by atoms with Gasteiger partial charge in [0.25, 0.3) is 0 Å². The summed E-state index contributed by atoms with van der Waals surface area (Å²) in [5.74, 6) is 0.549. The van der Waals surface area contributed by atoms with Crippen LogP contribution in [0.25, 0.3) is 0 Å². The van der Waals surface area contributed by atoms with Gasteiger partial charge >= 0.3 is 6.09 Å². The number of rotatable bonds is 4. The molecule has 22 heavy (non-hydrogen) atoms. The van der Waals surface area contributed by atoms with Crippen molar-refractivity contribution in [3.8, 4) is 0 Å². The molecule has 0 spiro atoms. The highest BCUT2D eigenvalue weighted by Gasteiger charge is 2.43. The molecule has 0 aliphatic carbocycles. The van der Waals surface area contributed by atoms with Crippen molar-refractivity contribution in [3.05, 3.63) is 18.0 Å². The first-order valence-electron chi connectivity index (χ1n) is 7.77. The number of ether oxygens (including phenoxy) is 1. The lowest BCUT2D eigenvalue weighted by molar-refractivity contribution is -0.132. The number of likely N-dealkylation sites (tertiary alicyclic amines) is 1. The highest BCUT2D eigenvalue weighted by atomic mass is 16.6. The summed E-state index contributed by atoms with van der Waals surface area (Å²) in [6.07, 6.45) is 6.28. The Morgan fingerprint density at radius 2 is 2.27 bits per heavy atom. The van der Waals surface area contributed by atoms with E-state index in [1.54, 1.807) is 6.20 Å². The van der Waals surface area contributed by atoms with Gasteiger partial charge in [-0.3, -0.25) is 9.89 Å². The molecule has 2 amide bonds. The monoisotopic (exact) mass is 306 g/mol. The minimum absolute atomic E-state index is 0.191. The topological polar surface area (TPSA) is 87.3 Å². The fourth-order valence-corrected chi connectivity index (χ4v) is 3.33. The first-order chi connectivity index (χ1) is 10.6. The second-order valence-electron chi connectivity index (χ2n) is 6.38. The van der Waals surface area contributed by atoms with Crippen molar-refractivity contribution in [1.29, 1.82) is 0 Å². The van der Waals surface area contributed by atoms with Crippen molar-refractivity contribution in [3.63, 3.8) is 0 Å². The van der Waals surface area contributed by atoms with Crippen molar-refractivity contribution < 1.29 is 14.3 Å². The number of aromatic amines is 1. The molecule has 2 saturated heterocycles. The van der Waals surface area contributed by atoms with Crippen LogP contribution in [0.5, 0.6) is 0 Å². The van der Waals surface area contributed by atoms with E-state index in [2.05, 4.69) is 15.5 Å². The Kier molecular flexibility index (Phi) is 4.04. The zero-order chi connectivity index (χ0) is 15.6. The number of hydrogen-bond acceptors (Lipinski definition) is 4. The number of H-pyrrole nitrogens is 1. The summed E-state index contributed by atoms with van der Waals surface area (Å²) in [5, 5.41) is 9.55. The first-order valence-corrected chi connectivity index (χ1v) is 7.77. The summed E-state index contributed by atoms with van der Waals surface area (Å²) >= 11 is 0. The number of carbonyl (C=O) groups is 2. The fourth-order valence-electron chi connectivity index (χ4n) is 3.33. The van der Waals surface area contributed by atoms with Crippen LogP contribution < -0.4 is 5.32 Å². The number of nitrogens with one attached hydrogen (secondary N) is 2. The van der Waals surface area contributed by atoms with Gasteiger partial charge in [0.15, 0.2) is 0 Å². The number of amides is 2. The predicted molar refractivity (Wildman–Crippen MR) is 79.1 cm³/mol. The minimum Gasteiger partial charge on any atom is -0.447 e. The highest BCUT2D eigenvalue weighted by molar-refractivity contribution is 5.76. The van der Waals surface area contributed by atoms with Crippen LogP contribution in [0.15, 0.2) is 12.4 Å². The Morgan fingerprint density at radius 1 is 1.50 bits per heavy atom. The number of cyclic esters (lactones) is 1. The first kappa shape index (κ1) is 14.9. The van der Waals surface area contributed by atoms with Crippen LogP contribution in [0, 0.1) is 5.92 Å². The van der Waals surface area contributed by atoms with E-state index in [1.807, 2.05) is 18.0 Å². The Labute approximate surface area is 129 Å². The molecule has 0 radical (unpaired) electrons. The second kappa shape index (κ2) is 5.98. The maximum Gasteiger partial charge on any atom is 0.407 e. The van der Waals surface area contributed by atoms with Crippen LogP contribution in [0.2, 0.25) is 0 Å². The second-order valence-corrected chi connectivity index (χ2v) is 6.38. The zero-order valence-electron chi connectivity index (χ0n) is 12.8. The molecule has 1 aromatic heterocycles. The number of aryl methyl sites for hydroxylation is 1. The number of alkyl carbamates (subject to hydrolysis) is 1. The van der Waals surface area contributed by atoms with Gasteiger partial charge in [0.2, 0.25) is 5.91 Å². The molecule has 3 heterocycles. The van der Waals surface area contributed by atoms with E-state index in [4.69, 9.17) is 4.74 Å². The SMILES string of the molecule is CC1(C2CCN(C(=O)CCc3cn[nH]c3)CC2)COC(=O)N1. The van der Waals surface area contributed by atoms with Gasteiger partial charge in [-0.05, 0) is 37.7 Å². The summed E-state index contributed by atoms with van der Waals surface area (Å²) < 4.78 is 5.04. The largest absolute Gasteiger partial charge is 0.447 e. The van der Waals surface area contributed by atoms with Crippen molar-refractivity contribution in [1.82, 2.24) is 20.4 Å². The lowest BCUT2D eigenvalue weighted by Crippen LogP contribution is -2.52. The van der Waals surface area contributed by atoms with Gasteiger partial charge in [-0.2, -0.15) is 5.10 Å². The molecule has 3 rings (SSSR count). The number of carbonyl (C=O) groups excluding carboxylic acids is 2. The average Bonchev–Trinajstić information content (AvgIpc) is 3.15. The third kappa shape index (κ3) is 3.08. The zero-order valence-corrected chi connectivity index (χ0v) is 12.8. The van der Waals surface area contributed by atoms with Crippen LogP contribution in [0.3, 0.4) is 0 Å². The molecule has 2 aliphatic rings. The molecule has 1 unspecified atom stereocenters. The lowest BCUT2D eigenvalue weighted by Gasteiger charge is -2.39. The summed E-state index contributed by atoms with van der Waals surface area (Å²) in [5.41, 5.74) is 0.768. The van der Waals surface area contributed by atoms with Gasteiger partial charge in [0.05, 0.1) is 11.7 Å². The van der Waals surface area contributed by atoms with Crippen molar-refractivity contribution in [2.45, 2.75) is 38.1 Å². The number of hydrogen-bond donors (Lipinski definition) is 2. The van der Waals surface area contributed by atoms with E-state index in [-0.39, 0.29) is 17.5 Å². The van der Waals surface area contributed by atoms with Gasteiger partial charge in [-0.15, -0.1) is 0 Å². The Balaban J connectivity index is 1.47. The van der Waals surface area contributed by atoms with E-state index in [0.29, 0.717) is 18.9 Å². The molecule has 1 aromatic rings. The lowest BCUT2D eigenvalue weighted by atomic mass is 9.80. The number of aromatic nitrogens is 2. The van der Waals surface area contributed by atoms with Gasteiger partial charge in [-0.25, -0.2) is 4.79 Å². The Hall–Kier alpha value is -2.05. The number of piperidine rings is 1. The van der Waals surface area contributed by atoms with Gasteiger partial charge in [-0.1, -0.05) is 0 Å². The smallest absolute Gasteiger partial charge is 0.407 e. The van der Waals surface area contributed by atoms with E-state index in [9.17, 15) is 9.59 Å². The van der Waals surface area contributed by atoms with E-state index < -0.39 is 0 Å². The molecule has 2 aliphatic heterocycles. The predicted octanol–water partition coefficient (Wildman–Crippen LogP) is 1.08. The van der Waals surface area contributed by atoms with E-state index >= 15 is 0 Å². The van der Waals surface area contributed by atoms with Gasteiger partial charge < -0.3 is 15.0 Å². The normalized spacial score (nSPS) is 25.9. The molecule has 2 fully saturated rings. The van der Waals surface area contributed by atoms with Crippen LogP contribution in [0.1, 0.15) is 31.7 Å². The van der Waals surface area contributed by atoms with Crippen molar-refractivity contribution in [2.24, 2.45) is 5.92 Å². The summed E-state index contributed by atoms with van der Waals surface area (Å²) in [6, 6.07) is 0. The molecular formula is C15H22N4O3. The quantitative estimate of drug-likeness (QED) is 0.871. The standard InChI is InChI=1S/C15H22N4O3/c1-15(10-22-14(21)18-15)12-4-6-19(7-5-12)13(20)3-2-11-8-16-17-9-11/h8-9,12H,2-7,10H2,1H3,(H,16,17)(H,18,21). The molecule has 7 heteroatoms. The molecule has 1 atom stereocenters. The third-order valence-electron chi connectivity index (χ3n) is 4.82. The summed E-state index contributed by atoms with van der Waals surface area (Å²) in [4.78, 5) is 25.4. The van der Waals surface area contributed by atoms with E-state index in [1.165, 1.54) is 0 Å². The summed E-state index contributed by atoms with van der Waals surface area (Å²) in [7, 11) is 0. The molecule has 120 valence electrons.